The Hall–Kier alpha value is -3.29. The maximum atomic E-state index is 12.9. The molecule has 1 aromatic carbocycles. The molecule has 8 nitrogen and oxygen atoms in total. The van der Waals surface area contributed by atoms with Crippen LogP contribution in [0.1, 0.15) is 21.7 Å². The lowest BCUT2D eigenvalue weighted by Crippen LogP contribution is -2.30. The number of carbonyl (C=O) groups excluding carboxylic acids is 1. The molecule has 0 fully saturated rings. The highest BCUT2D eigenvalue weighted by molar-refractivity contribution is 6.19. The number of nitrogens with one attached hydrogen (secondary N) is 1. The zero-order valence-corrected chi connectivity index (χ0v) is 14.7. The third-order valence-electron chi connectivity index (χ3n) is 4.35. The van der Waals surface area contributed by atoms with Gasteiger partial charge >= 0.3 is 0 Å². The van der Waals surface area contributed by atoms with E-state index < -0.39 is 0 Å². The van der Waals surface area contributed by atoms with Crippen LogP contribution in [-0.4, -0.2) is 50.3 Å². The van der Waals surface area contributed by atoms with E-state index in [4.69, 9.17) is 13.9 Å². The molecule has 0 aliphatic carbocycles. The summed E-state index contributed by atoms with van der Waals surface area (Å²) < 4.78 is 16.2. The molecule has 8 heteroatoms. The van der Waals surface area contributed by atoms with Crippen LogP contribution in [0.5, 0.6) is 11.5 Å². The van der Waals surface area contributed by atoms with Crippen molar-refractivity contribution < 1.29 is 18.7 Å². The average Bonchev–Trinajstić information content (AvgIpc) is 3.24. The molecular weight excluding hydrogens is 336 g/mol. The molecule has 134 valence electrons. The third kappa shape index (κ3) is 2.50. The molecular formula is C18H18N4O4. The maximum absolute atomic E-state index is 12.9. The SMILES string of the molecule is COc1ccc(NC(=O)c2c(C)oc3c2C2=NCCN2C=N3)cc1OC. The Kier molecular flexibility index (Phi) is 3.87. The van der Waals surface area contributed by atoms with Gasteiger partial charge < -0.3 is 24.1 Å². The second-order valence-corrected chi connectivity index (χ2v) is 5.88. The molecule has 1 amide bonds. The second-order valence-electron chi connectivity index (χ2n) is 5.88. The molecule has 0 atom stereocenters. The van der Waals surface area contributed by atoms with Crippen LogP contribution in [0.3, 0.4) is 0 Å². The first kappa shape index (κ1) is 16.2. The van der Waals surface area contributed by atoms with Gasteiger partial charge in [-0.3, -0.25) is 9.79 Å². The van der Waals surface area contributed by atoms with E-state index in [2.05, 4.69) is 15.3 Å². The fraction of sp³-hybridized carbons (Fsp3) is 0.278. The summed E-state index contributed by atoms with van der Waals surface area (Å²) in [5.74, 6) is 2.48. The maximum Gasteiger partial charge on any atom is 0.260 e. The molecule has 0 bridgehead atoms. The van der Waals surface area contributed by atoms with Gasteiger partial charge in [-0.2, -0.15) is 0 Å². The van der Waals surface area contributed by atoms with Crippen LogP contribution in [0.15, 0.2) is 32.6 Å². The van der Waals surface area contributed by atoms with Crippen molar-refractivity contribution in [3.8, 4) is 11.5 Å². The Bertz CT molecular complexity index is 945. The molecule has 2 aliphatic heterocycles. The van der Waals surface area contributed by atoms with E-state index in [1.54, 1.807) is 45.7 Å². The van der Waals surface area contributed by atoms with Crippen molar-refractivity contribution in [2.45, 2.75) is 6.92 Å². The second kappa shape index (κ2) is 6.21. The first-order chi connectivity index (χ1) is 12.6. The number of methoxy groups -OCH3 is 2. The summed E-state index contributed by atoms with van der Waals surface area (Å²) in [6.07, 6.45) is 1.69. The number of nitrogens with zero attached hydrogens (tertiary/aromatic N) is 3. The Morgan fingerprint density at radius 3 is 2.85 bits per heavy atom. The lowest BCUT2D eigenvalue weighted by atomic mass is 10.1. The van der Waals surface area contributed by atoms with Gasteiger partial charge in [0.2, 0.25) is 5.88 Å². The number of amidine groups is 1. The van der Waals surface area contributed by atoms with Crippen molar-refractivity contribution in [2.24, 2.45) is 9.98 Å². The van der Waals surface area contributed by atoms with E-state index in [1.165, 1.54) is 0 Å². The summed E-state index contributed by atoms with van der Waals surface area (Å²) in [7, 11) is 3.11. The molecule has 0 saturated carbocycles. The Labute approximate surface area is 150 Å². The van der Waals surface area contributed by atoms with Gasteiger partial charge in [-0.05, 0) is 19.1 Å². The number of hydrogen-bond acceptors (Lipinski definition) is 7. The van der Waals surface area contributed by atoms with Crippen molar-refractivity contribution in [2.75, 3.05) is 32.6 Å². The smallest absolute Gasteiger partial charge is 0.260 e. The molecule has 4 rings (SSSR count). The fourth-order valence-corrected chi connectivity index (χ4v) is 3.13. The normalized spacial score (nSPS) is 14.6. The number of hydrogen-bond donors (Lipinski definition) is 1. The minimum Gasteiger partial charge on any atom is -0.493 e. The number of aryl methyl sites for hydroxylation is 1. The number of amides is 1. The zero-order chi connectivity index (χ0) is 18.3. The number of rotatable bonds is 4. The van der Waals surface area contributed by atoms with Crippen LogP contribution in [0.25, 0.3) is 0 Å². The lowest BCUT2D eigenvalue weighted by Gasteiger charge is -2.18. The van der Waals surface area contributed by atoms with Gasteiger partial charge in [-0.1, -0.05) is 0 Å². The fourth-order valence-electron chi connectivity index (χ4n) is 3.13. The van der Waals surface area contributed by atoms with Crippen molar-refractivity contribution >= 4 is 29.7 Å². The number of carbonyl (C=O) groups is 1. The van der Waals surface area contributed by atoms with Gasteiger partial charge in [0.05, 0.1) is 31.9 Å². The number of fused-ring (bicyclic) bond motifs is 3. The highest BCUT2D eigenvalue weighted by Crippen LogP contribution is 2.35. The highest BCUT2D eigenvalue weighted by atomic mass is 16.5. The van der Waals surface area contributed by atoms with Gasteiger partial charge in [0.25, 0.3) is 5.91 Å². The summed E-state index contributed by atoms with van der Waals surface area (Å²) in [4.78, 5) is 23.6. The van der Waals surface area contributed by atoms with Crippen molar-refractivity contribution in [1.82, 2.24) is 4.90 Å². The monoisotopic (exact) mass is 354 g/mol. The zero-order valence-electron chi connectivity index (χ0n) is 14.7. The predicted octanol–water partition coefficient (Wildman–Crippen LogP) is 2.59. The molecule has 26 heavy (non-hydrogen) atoms. The van der Waals surface area contributed by atoms with Crippen molar-refractivity contribution in [3.63, 3.8) is 0 Å². The first-order valence-corrected chi connectivity index (χ1v) is 8.14. The Balaban J connectivity index is 1.68. The van der Waals surface area contributed by atoms with Gasteiger partial charge in [0.15, 0.2) is 11.5 Å². The topological polar surface area (TPSA) is 88.7 Å². The lowest BCUT2D eigenvalue weighted by molar-refractivity contribution is 0.102. The summed E-state index contributed by atoms with van der Waals surface area (Å²) in [5, 5.41) is 2.88. The van der Waals surface area contributed by atoms with E-state index in [9.17, 15) is 4.79 Å². The first-order valence-electron chi connectivity index (χ1n) is 8.14. The molecule has 2 aromatic rings. The van der Waals surface area contributed by atoms with Gasteiger partial charge in [0.1, 0.15) is 17.9 Å². The Morgan fingerprint density at radius 2 is 2.08 bits per heavy atom. The number of aliphatic imine (C=N–C) groups is 2. The van der Waals surface area contributed by atoms with E-state index in [1.807, 2.05) is 4.90 Å². The predicted molar refractivity (Wildman–Crippen MR) is 97.2 cm³/mol. The summed E-state index contributed by atoms with van der Waals surface area (Å²) >= 11 is 0. The summed E-state index contributed by atoms with van der Waals surface area (Å²) in [6.45, 7) is 3.16. The minimum atomic E-state index is -0.286. The number of benzene rings is 1. The third-order valence-corrected chi connectivity index (χ3v) is 4.35. The van der Waals surface area contributed by atoms with Crippen LogP contribution in [0.2, 0.25) is 0 Å². The van der Waals surface area contributed by atoms with Crippen LogP contribution >= 0.6 is 0 Å². The van der Waals surface area contributed by atoms with Gasteiger partial charge in [0, 0.05) is 18.3 Å². The van der Waals surface area contributed by atoms with Crippen molar-refractivity contribution in [3.05, 3.63) is 35.1 Å². The van der Waals surface area contributed by atoms with Crippen LogP contribution in [-0.2, 0) is 0 Å². The minimum absolute atomic E-state index is 0.286. The molecule has 1 N–H and O–H groups in total. The number of anilines is 1. The highest BCUT2D eigenvalue weighted by Gasteiger charge is 2.33. The van der Waals surface area contributed by atoms with E-state index in [0.29, 0.717) is 46.5 Å². The van der Waals surface area contributed by atoms with Crippen LogP contribution in [0.4, 0.5) is 11.6 Å². The molecule has 0 radical (unpaired) electrons. The van der Waals surface area contributed by atoms with Crippen LogP contribution in [0, 0.1) is 6.92 Å². The molecule has 2 aliphatic rings. The molecule has 1 aromatic heterocycles. The van der Waals surface area contributed by atoms with E-state index in [0.717, 1.165) is 12.4 Å². The summed E-state index contributed by atoms with van der Waals surface area (Å²) in [6, 6.07) is 5.19. The largest absolute Gasteiger partial charge is 0.493 e. The molecule has 0 spiro atoms. The Morgan fingerprint density at radius 1 is 1.27 bits per heavy atom. The molecule has 0 unspecified atom stereocenters. The average molecular weight is 354 g/mol. The molecule has 0 saturated heterocycles. The van der Waals surface area contributed by atoms with Crippen molar-refractivity contribution in [1.29, 1.82) is 0 Å². The van der Waals surface area contributed by atoms with E-state index >= 15 is 0 Å². The standard InChI is InChI=1S/C18H18N4O4/c1-10-14(15-16-19-6-7-22(16)9-20-18(15)26-10)17(23)21-11-4-5-12(24-2)13(8-11)25-3/h4-5,8-9H,6-7H2,1-3H3,(H,21,23). The van der Waals surface area contributed by atoms with Crippen LogP contribution < -0.4 is 14.8 Å². The van der Waals surface area contributed by atoms with E-state index in [-0.39, 0.29) is 5.91 Å². The van der Waals surface area contributed by atoms with Gasteiger partial charge in [-0.15, -0.1) is 0 Å². The quantitative estimate of drug-likeness (QED) is 0.912. The number of ether oxygens (including phenoxy) is 2. The molecule has 3 heterocycles. The van der Waals surface area contributed by atoms with Gasteiger partial charge in [-0.25, -0.2) is 4.99 Å². The summed E-state index contributed by atoms with van der Waals surface area (Å²) in [5.41, 5.74) is 1.67. The number of furan rings is 1.